The van der Waals surface area contributed by atoms with E-state index < -0.39 is 10.3 Å². The van der Waals surface area contributed by atoms with Crippen molar-refractivity contribution in [1.29, 1.82) is 0 Å². The second-order valence-corrected chi connectivity index (χ2v) is 9.37. The summed E-state index contributed by atoms with van der Waals surface area (Å²) in [6.45, 7) is 1.98. The van der Waals surface area contributed by atoms with E-state index in [0.717, 1.165) is 38.9 Å². The third-order valence-corrected chi connectivity index (χ3v) is 6.28. The highest BCUT2D eigenvalue weighted by atomic mass is 32.2. The highest BCUT2D eigenvalue weighted by molar-refractivity contribution is 7.87. The molecule has 0 saturated carbocycles. The summed E-state index contributed by atoms with van der Waals surface area (Å²) >= 11 is 0. The van der Waals surface area contributed by atoms with Gasteiger partial charge in [-0.15, -0.1) is 0 Å². The van der Waals surface area contributed by atoms with E-state index in [-0.39, 0.29) is 11.7 Å². The van der Waals surface area contributed by atoms with Gasteiger partial charge in [0.15, 0.2) is 0 Å². The molecule has 3 aromatic carbocycles. The molecule has 0 saturated heterocycles. The minimum Gasteiger partial charge on any atom is -0.378 e. The maximum atomic E-state index is 11.2. The van der Waals surface area contributed by atoms with Crippen LogP contribution in [0.5, 0.6) is 0 Å². The molecular formula is C25H23N5O3S. The average Bonchev–Trinajstić information content (AvgIpc) is 3.17. The van der Waals surface area contributed by atoms with Crippen molar-refractivity contribution in [3.05, 3.63) is 84.8 Å². The minimum absolute atomic E-state index is 0.152. The minimum atomic E-state index is -4.34. The Hall–Kier alpha value is -3.95. The van der Waals surface area contributed by atoms with Gasteiger partial charge in [-0.1, -0.05) is 24.3 Å². The number of rotatable bonds is 6. The van der Waals surface area contributed by atoms with Crippen LogP contribution < -0.4 is 10.0 Å². The van der Waals surface area contributed by atoms with Crippen molar-refractivity contribution in [1.82, 2.24) is 14.5 Å². The molecule has 0 amide bonds. The molecule has 3 N–H and O–H groups in total. The summed E-state index contributed by atoms with van der Waals surface area (Å²) in [5.41, 5.74) is 6.70. The smallest absolute Gasteiger partial charge is 0.357 e. The zero-order valence-electron chi connectivity index (χ0n) is 18.6. The Morgan fingerprint density at radius 2 is 1.79 bits per heavy atom. The lowest BCUT2D eigenvalue weighted by molar-refractivity contribution is 0.489. The molecule has 0 aliphatic heterocycles. The number of nitrogens with zero attached hydrogens (tertiary/aromatic N) is 3. The van der Waals surface area contributed by atoms with Gasteiger partial charge in [-0.2, -0.15) is 8.42 Å². The second kappa shape index (κ2) is 8.44. The molecule has 2 heterocycles. The van der Waals surface area contributed by atoms with Crippen LogP contribution in [0.4, 0.5) is 11.4 Å². The predicted molar refractivity (Wildman–Crippen MR) is 135 cm³/mol. The van der Waals surface area contributed by atoms with Crippen LogP contribution in [0.25, 0.3) is 33.1 Å². The standard InChI is InChI=1S/C25H23N5O3S/c1-16(18-4-3-5-20(12-18)29-34(31,32)33)28-21-14-22(25-23(15-21)26-9-10-27-25)19-7-6-17-8-11-30(2)24(17)13-19/h3-16,28-29H,1-2H3,(H,31,32,33). The molecule has 0 bridgehead atoms. The van der Waals surface area contributed by atoms with Gasteiger partial charge >= 0.3 is 10.3 Å². The van der Waals surface area contributed by atoms with Crippen molar-refractivity contribution in [2.24, 2.45) is 7.05 Å². The Labute approximate surface area is 197 Å². The van der Waals surface area contributed by atoms with E-state index in [0.29, 0.717) is 0 Å². The quantitative estimate of drug-likeness (QED) is 0.293. The third-order valence-electron chi connectivity index (χ3n) is 5.79. The van der Waals surface area contributed by atoms with Gasteiger partial charge in [-0.05, 0) is 59.8 Å². The molecule has 0 fully saturated rings. The Morgan fingerprint density at radius 1 is 0.971 bits per heavy atom. The van der Waals surface area contributed by atoms with Crippen LogP contribution in [-0.2, 0) is 17.4 Å². The molecule has 5 rings (SSSR count). The number of fused-ring (bicyclic) bond motifs is 2. The van der Waals surface area contributed by atoms with E-state index in [2.05, 4.69) is 54.9 Å². The van der Waals surface area contributed by atoms with Crippen molar-refractivity contribution in [2.75, 3.05) is 10.0 Å². The van der Waals surface area contributed by atoms with Gasteiger partial charge in [0.05, 0.1) is 16.7 Å². The summed E-state index contributed by atoms with van der Waals surface area (Å²) in [4.78, 5) is 9.11. The molecule has 1 unspecified atom stereocenters. The molecule has 0 aliphatic rings. The fourth-order valence-electron chi connectivity index (χ4n) is 4.16. The largest absolute Gasteiger partial charge is 0.378 e. The Kier molecular flexibility index (Phi) is 5.43. The molecule has 2 aromatic heterocycles. The maximum Gasteiger partial charge on any atom is 0.357 e. The summed E-state index contributed by atoms with van der Waals surface area (Å²) in [6, 6.07) is 19.1. The molecule has 0 spiro atoms. The summed E-state index contributed by atoms with van der Waals surface area (Å²) in [5, 5.41) is 4.65. The highest BCUT2D eigenvalue weighted by Gasteiger charge is 2.13. The van der Waals surface area contributed by atoms with E-state index in [9.17, 15) is 8.42 Å². The summed E-state index contributed by atoms with van der Waals surface area (Å²) in [7, 11) is -2.32. The van der Waals surface area contributed by atoms with Gasteiger partial charge in [0.1, 0.15) is 0 Å². The first kappa shape index (κ1) is 21.9. The number of benzene rings is 3. The molecule has 0 radical (unpaired) electrons. The fourth-order valence-corrected chi connectivity index (χ4v) is 4.59. The predicted octanol–water partition coefficient (Wildman–Crippen LogP) is 5.18. The summed E-state index contributed by atoms with van der Waals surface area (Å²) < 4.78 is 35.6. The van der Waals surface area contributed by atoms with Crippen LogP contribution in [0.1, 0.15) is 18.5 Å². The first-order valence-corrected chi connectivity index (χ1v) is 12.1. The van der Waals surface area contributed by atoms with Gasteiger partial charge in [0.2, 0.25) is 0 Å². The number of anilines is 2. The molecule has 8 nitrogen and oxygen atoms in total. The second-order valence-electron chi connectivity index (χ2n) is 8.22. The number of hydrogen-bond donors (Lipinski definition) is 3. The van der Waals surface area contributed by atoms with Crippen LogP contribution in [0.2, 0.25) is 0 Å². The van der Waals surface area contributed by atoms with Crippen molar-refractivity contribution in [3.8, 4) is 11.1 Å². The number of aromatic nitrogens is 3. The molecule has 0 aliphatic carbocycles. The van der Waals surface area contributed by atoms with E-state index in [1.165, 1.54) is 5.39 Å². The monoisotopic (exact) mass is 473 g/mol. The molecule has 9 heteroatoms. The lowest BCUT2D eigenvalue weighted by atomic mass is 10.0. The van der Waals surface area contributed by atoms with Gasteiger partial charge in [-0.25, -0.2) is 0 Å². The summed E-state index contributed by atoms with van der Waals surface area (Å²) in [6.07, 6.45) is 5.40. The zero-order chi connectivity index (χ0) is 23.9. The van der Waals surface area contributed by atoms with Crippen LogP contribution in [-0.4, -0.2) is 27.5 Å². The van der Waals surface area contributed by atoms with Crippen molar-refractivity contribution in [3.63, 3.8) is 0 Å². The molecular weight excluding hydrogens is 450 g/mol. The van der Waals surface area contributed by atoms with Crippen LogP contribution >= 0.6 is 0 Å². The summed E-state index contributed by atoms with van der Waals surface area (Å²) in [5.74, 6) is 0. The van der Waals surface area contributed by atoms with Crippen LogP contribution in [0.3, 0.4) is 0 Å². The topological polar surface area (TPSA) is 109 Å². The zero-order valence-corrected chi connectivity index (χ0v) is 19.4. The van der Waals surface area contributed by atoms with Gasteiger partial charge < -0.3 is 9.88 Å². The normalized spacial score (nSPS) is 12.7. The lowest BCUT2D eigenvalue weighted by Crippen LogP contribution is -2.12. The number of aryl methyl sites for hydroxylation is 1. The highest BCUT2D eigenvalue weighted by Crippen LogP contribution is 2.33. The van der Waals surface area contributed by atoms with E-state index in [1.54, 1.807) is 30.6 Å². The first-order chi connectivity index (χ1) is 16.3. The van der Waals surface area contributed by atoms with Crippen LogP contribution in [0, 0.1) is 0 Å². The Balaban J connectivity index is 1.53. The Morgan fingerprint density at radius 3 is 2.62 bits per heavy atom. The maximum absolute atomic E-state index is 11.2. The van der Waals surface area contributed by atoms with Crippen molar-refractivity contribution >= 4 is 43.6 Å². The fraction of sp³-hybridized carbons (Fsp3) is 0.120. The lowest BCUT2D eigenvalue weighted by Gasteiger charge is -2.18. The Bertz CT molecular complexity index is 1630. The first-order valence-electron chi connectivity index (χ1n) is 10.7. The van der Waals surface area contributed by atoms with E-state index in [4.69, 9.17) is 4.55 Å². The van der Waals surface area contributed by atoms with Crippen molar-refractivity contribution < 1.29 is 13.0 Å². The number of nitrogens with one attached hydrogen (secondary N) is 2. The van der Waals surface area contributed by atoms with E-state index >= 15 is 0 Å². The van der Waals surface area contributed by atoms with E-state index in [1.807, 2.05) is 32.3 Å². The molecule has 34 heavy (non-hydrogen) atoms. The van der Waals surface area contributed by atoms with Gasteiger partial charge in [0, 0.05) is 48.4 Å². The third kappa shape index (κ3) is 4.43. The molecule has 172 valence electrons. The van der Waals surface area contributed by atoms with Crippen LogP contribution in [0.15, 0.2) is 79.3 Å². The average molecular weight is 474 g/mol. The van der Waals surface area contributed by atoms with Gasteiger partial charge in [-0.3, -0.25) is 19.2 Å². The van der Waals surface area contributed by atoms with Gasteiger partial charge in [0.25, 0.3) is 0 Å². The molecule has 5 aromatic rings. The SMILES string of the molecule is CC(Nc1cc(-c2ccc3ccn(C)c3c2)c2nccnc2c1)c1cccc(NS(=O)(=O)O)c1. The number of hydrogen-bond acceptors (Lipinski definition) is 5. The molecule has 1 atom stereocenters. The van der Waals surface area contributed by atoms with Crippen molar-refractivity contribution in [2.45, 2.75) is 13.0 Å².